The Balaban J connectivity index is 2.05. The smallest absolute Gasteiger partial charge is 0.317 e. The van der Waals surface area contributed by atoms with Crippen LogP contribution in [0.2, 0.25) is 0 Å². The molecule has 86 valence electrons. The molecule has 0 aromatic rings. The van der Waals surface area contributed by atoms with Crippen LogP contribution in [-0.4, -0.2) is 29.6 Å². The zero-order valence-corrected chi connectivity index (χ0v) is 9.83. The van der Waals surface area contributed by atoms with Crippen molar-refractivity contribution in [3.05, 3.63) is 0 Å². The summed E-state index contributed by atoms with van der Waals surface area (Å²) in [5.74, 6) is 0.774. The monoisotopic (exact) mass is 210 g/mol. The molecule has 0 radical (unpaired) electrons. The minimum Gasteiger partial charge on any atom is -0.338 e. The van der Waals surface area contributed by atoms with Crippen molar-refractivity contribution in [3.8, 4) is 0 Å². The summed E-state index contributed by atoms with van der Waals surface area (Å²) in [5.41, 5.74) is 0. The molecule has 2 amide bonds. The number of nitrogens with zero attached hydrogens (tertiary/aromatic N) is 1. The number of likely N-dealkylation sites (tertiary alicyclic amines) is 1. The molecule has 3 atom stereocenters. The van der Waals surface area contributed by atoms with E-state index in [-0.39, 0.29) is 6.03 Å². The lowest BCUT2D eigenvalue weighted by Crippen LogP contribution is -2.47. The molecule has 2 rings (SSSR count). The summed E-state index contributed by atoms with van der Waals surface area (Å²) in [7, 11) is 0. The Morgan fingerprint density at radius 1 is 1.40 bits per heavy atom. The first-order valence-electron chi connectivity index (χ1n) is 6.30. The van der Waals surface area contributed by atoms with Crippen LogP contribution in [-0.2, 0) is 0 Å². The SMILES string of the molecule is CCNC(=O)N1[C@H](C)C[C@@H]2CCCC[C@@H]21. The van der Waals surface area contributed by atoms with Crippen molar-refractivity contribution in [2.24, 2.45) is 5.92 Å². The van der Waals surface area contributed by atoms with Gasteiger partial charge in [0, 0.05) is 18.6 Å². The first-order chi connectivity index (χ1) is 7.24. The zero-order chi connectivity index (χ0) is 10.8. The van der Waals surface area contributed by atoms with Crippen LogP contribution in [0.25, 0.3) is 0 Å². The van der Waals surface area contributed by atoms with E-state index < -0.39 is 0 Å². The molecule has 1 aliphatic carbocycles. The molecule has 0 aromatic heterocycles. The first-order valence-corrected chi connectivity index (χ1v) is 6.30. The molecule has 0 unspecified atom stereocenters. The van der Waals surface area contributed by atoms with Gasteiger partial charge in [-0.2, -0.15) is 0 Å². The molecule has 1 saturated heterocycles. The largest absolute Gasteiger partial charge is 0.338 e. The summed E-state index contributed by atoms with van der Waals surface area (Å²) < 4.78 is 0. The third-order valence-corrected chi connectivity index (χ3v) is 3.91. The van der Waals surface area contributed by atoms with Crippen molar-refractivity contribution < 1.29 is 4.79 Å². The van der Waals surface area contributed by atoms with Crippen LogP contribution < -0.4 is 5.32 Å². The molecule has 0 aromatic carbocycles. The molecule has 1 saturated carbocycles. The van der Waals surface area contributed by atoms with Crippen LogP contribution in [0.15, 0.2) is 0 Å². The van der Waals surface area contributed by atoms with Gasteiger partial charge in [0.2, 0.25) is 0 Å². The van der Waals surface area contributed by atoms with E-state index in [2.05, 4.69) is 17.1 Å². The lowest BCUT2D eigenvalue weighted by molar-refractivity contribution is 0.156. The fraction of sp³-hybridized carbons (Fsp3) is 0.917. The third-order valence-electron chi connectivity index (χ3n) is 3.91. The van der Waals surface area contributed by atoms with E-state index in [1.54, 1.807) is 0 Å². The maximum absolute atomic E-state index is 11.9. The fourth-order valence-electron chi connectivity index (χ4n) is 3.30. The Morgan fingerprint density at radius 3 is 2.87 bits per heavy atom. The van der Waals surface area contributed by atoms with E-state index in [1.165, 1.54) is 32.1 Å². The number of carbonyl (C=O) groups is 1. The summed E-state index contributed by atoms with van der Waals surface area (Å²) in [5, 5.41) is 2.94. The van der Waals surface area contributed by atoms with E-state index in [9.17, 15) is 4.79 Å². The molecule has 1 aliphatic heterocycles. The number of fused-ring (bicyclic) bond motifs is 1. The van der Waals surface area contributed by atoms with Crippen LogP contribution in [0.1, 0.15) is 46.0 Å². The highest BCUT2D eigenvalue weighted by Gasteiger charge is 2.42. The predicted octanol–water partition coefficient (Wildman–Crippen LogP) is 2.37. The topological polar surface area (TPSA) is 32.3 Å². The Morgan fingerprint density at radius 2 is 2.13 bits per heavy atom. The lowest BCUT2D eigenvalue weighted by Gasteiger charge is -2.33. The van der Waals surface area contributed by atoms with Gasteiger partial charge in [0.1, 0.15) is 0 Å². The highest BCUT2D eigenvalue weighted by atomic mass is 16.2. The summed E-state index contributed by atoms with van der Waals surface area (Å²) >= 11 is 0. The number of urea groups is 1. The normalized spacial score (nSPS) is 35.1. The molecule has 2 aliphatic rings. The average molecular weight is 210 g/mol. The summed E-state index contributed by atoms with van der Waals surface area (Å²) in [6.45, 7) is 4.91. The highest BCUT2D eigenvalue weighted by Crippen LogP contribution is 2.39. The van der Waals surface area contributed by atoms with Gasteiger partial charge >= 0.3 is 6.03 Å². The molecular formula is C12H22N2O. The first kappa shape index (κ1) is 10.8. The van der Waals surface area contributed by atoms with Crippen molar-refractivity contribution in [1.82, 2.24) is 10.2 Å². The quantitative estimate of drug-likeness (QED) is 0.708. The Bertz CT molecular complexity index is 242. The molecule has 1 N–H and O–H groups in total. The second kappa shape index (κ2) is 4.42. The number of carbonyl (C=O) groups excluding carboxylic acids is 1. The van der Waals surface area contributed by atoms with Crippen molar-refractivity contribution in [2.45, 2.75) is 58.0 Å². The van der Waals surface area contributed by atoms with E-state index in [0.29, 0.717) is 12.1 Å². The number of amides is 2. The maximum Gasteiger partial charge on any atom is 0.317 e. The minimum atomic E-state index is 0.152. The molecular weight excluding hydrogens is 188 g/mol. The number of rotatable bonds is 1. The van der Waals surface area contributed by atoms with Gasteiger partial charge < -0.3 is 10.2 Å². The van der Waals surface area contributed by atoms with Crippen molar-refractivity contribution >= 4 is 6.03 Å². The van der Waals surface area contributed by atoms with E-state index in [1.807, 2.05) is 6.92 Å². The maximum atomic E-state index is 11.9. The zero-order valence-electron chi connectivity index (χ0n) is 9.83. The Kier molecular flexibility index (Phi) is 3.17. The summed E-state index contributed by atoms with van der Waals surface area (Å²) in [4.78, 5) is 14.0. The van der Waals surface area contributed by atoms with Crippen LogP contribution in [0.4, 0.5) is 4.79 Å². The van der Waals surface area contributed by atoms with Gasteiger partial charge in [-0.15, -0.1) is 0 Å². The minimum absolute atomic E-state index is 0.152. The van der Waals surface area contributed by atoms with Crippen LogP contribution in [0.5, 0.6) is 0 Å². The predicted molar refractivity (Wildman–Crippen MR) is 60.7 cm³/mol. The number of hydrogen-bond acceptors (Lipinski definition) is 1. The van der Waals surface area contributed by atoms with E-state index in [4.69, 9.17) is 0 Å². The van der Waals surface area contributed by atoms with Gasteiger partial charge in [0.25, 0.3) is 0 Å². The Hall–Kier alpha value is -0.730. The van der Waals surface area contributed by atoms with Crippen molar-refractivity contribution in [3.63, 3.8) is 0 Å². The number of hydrogen-bond donors (Lipinski definition) is 1. The van der Waals surface area contributed by atoms with Crippen molar-refractivity contribution in [1.29, 1.82) is 0 Å². The second-order valence-corrected chi connectivity index (χ2v) is 4.94. The standard InChI is InChI=1S/C12H22N2O/c1-3-13-12(15)14-9(2)8-10-6-4-5-7-11(10)14/h9-11H,3-8H2,1-2H3,(H,13,15)/t9-,10+,11+/m1/s1. The van der Waals surface area contributed by atoms with Crippen LogP contribution in [0.3, 0.4) is 0 Å². The summed E-state index contributed by atoms with van der Waals surface area (Å²) in [6.07, 6.45) is 6.40. The number of nitrogens with one attached hydrogen (secondary N) is 1. The lowest BCUT2D eigenvalue weighted by atomic mass is 9.85. The average Bonchev–Trinajstić information content (AvgIpc) is 2.54. The second-order valence-electron chi connectivity index (χ2n) is 4.94. The van der Waals surface area contributed by atoms with Gasteiger partial charge in [-0.1, -0.05) is 12.8 Å². The highest BCUT2D eigenvalue weighted by molar-refractivity contribution is 5.75. The molecule has 2 fully saturated rings. The van der Waals surface area contributed by atoms with Gasteiger partial charge in [0.05, 0.1) is 0 Å². The van der Waals surface area contributed by atoms with Gasteiger partial charge in [-0.3, -0.25) is 0 Å². The van der Waals surface area contributed by atoms with Crippen LogP contribution in [0, 0.1) is 5.92 Å². The van der Waals surface area contributed by atoms with Gasteiger partial charge in [-0.25, -0.2) is 4.79 Å². The molecule has 0 bridgehead atoms. The van der Waals surface area contributed by atoms with E-state index in [0.717, 1.165) is 12.5 Å². The third kappa shape index (κ3) is 1.97. The molecule has 0 spiro atoms. The summed E-state index contributed by atoms with van der Waals surface area (Å²) in [6, 6.07) is 1.12. The molecule has 1 heterocycles. The fourth-order valence-corrected chi connectivity index (χ4v) is 3.30. The van der Waals surface area contributed by atoms with Crippen LogP contribution >= 0.6 is 0 Å². The van der Waals surface area contributed by atoms with Gasteiger partial charge in [-0.05, 0) is 39.0 Å². The van der Waals surface area contributed by atoms with Gasteiger partial charge in [0.15, 0.2) is 0 Å². The van der Waals surface area contributed by atoms with E-state index >= 15 is 0 Å². The Labute approximate surface area is 92.2 Å². The van der Waals surface area contributed by atoms with Crippen molar-refractivity contribution in [2.75, 3.05) is 6.54 Å². The molecule has 3 heteroatoms. The molecule has 3 nitrogen and oxygen atoms in total. The molecule has 15 heavy (non-hydrogen) atoms.